The maximum absolute atomic E-state index is 11.9. The fourth-order valence-electron chi connectivity index (χ4n) is 11.6. The van der Waals surface area contributed by atoms with Crippen LogP contribution >= 0.6 is 0 Å². The normalized spacial score (nSPS) is 51.6. The second kappa shape index (κ2) is 7.61. The molecule has 0 unspecified atom stereocenters. The molecule has 0 heterocycles. The highest BCUT2D eigenvalue weighted by Crippen LogP contribution is 2.76. The van der Waals surface area contributed by atoms with E-state index in [9.17, 15) is 4.79 Å². The van der Waals surface area contributed by atoms with Gasteiger partial charge in [0.1, 0.15) is 6.10 Å². The van der Waals surface area contributed by atoms with Crippen molar-refractivity contribution in [3.63, 3.8) is 0 Å². The first-order valence-electron chi connectivity index (χ1n) is 14.6. The van der Waals surface area contributed by atoms with E-state index >= 15 is 0 Å². The summed E-state index contributed by atoms with van der Waals surface area (Å²) in [4.78, 5) is 11.9. The standard InChI is InChI=1S/C32H52O2/c1-20(2)22-10-13-26-30(22,7)18-19-31(8)24-11-12-25-28(4,5)27(34-21(3)33)15-16-29(25,6)23(24)14-17-32(26,31)9/h14,20,22,24-27H,10-13,15-19H2,1-9H3/t22-,24+,25+,26-,27-,29-,30+,31+,32-/m1/s1. The van der Waals surface area contributed by atoms with E-state index in [4.69, 9.17) is 4.74 Å². The van der Waals surface area contributed by atoms with Crippen molar-refractivity contribution >= 4 is 5.97 Å². The Morgan fingerprint density at radius 3 is 2.21 bits per heavy atom. The molecule has 0 aromatic carbocycles. The monoisotopic (exact) mass is 468 g/mol. The third kappa shape index (κ3) is 3.01. The zero-order valence-corrected chi connectivity index (χ0v) is 23.7. The van der Waals surface area contributed by atoms with Crippen molar-refractivity contribution in [3.05, 3.63) is 11.6 Å². The van der Waals surface area contributed by atoms with Gasteiger partial charge in [-0.15, -0.1) is 0 Å². The van der Waals surface area contributed by atoms with Gasteiger partial charge < -0.3 is 4.74 Å². The van der Waals surface area contributed by atoms with Gasteiger partial charge in [0.25, 0.3) is 0 Å². The second-order valence-electron chi connectivity index (χ2n) is 15.2. The Labute approximate surface area is 210 Å². The lowest BCUT2D eigenvalue weighted by Gasteiger charge is -2.69. The first-order chi connectivity index (χ1) is 15.7. The highest BCUT2D eigenvalue weighted by Gasteiger charge is 2.68. The van der Waals surface area contributed by atoms with Crippen LogP contribution in [0, 0.1) is 56.7 Å². The maximum atomic E-state index is 11.9. The van der Waals surface area contributed by atoms with E-state index in [1.54, 1.807) is 12.5 Å². The molecule has 0 aromatic heterocycles. The average Bonchev–Trinajstić information content (AvgIpc) is 3.10. The molecule has 0 radical (unpaired) electrons. The van der Waals surface area contributed by atoms with Crippen LogP contribution in [0.25, 0.3) is 0 Å². The SMILES string of the molecule is CC(=O)O[C@@H]1CC[C@]2(C)C3=CC[C@]4(C)[C@@H]5CC[C@H](C(C)C)[C@]5(C)CC[C@@]4(C)[C@H]3CC[C@H]2C1(C)C. The molecular formula is C32H52O2. The molecule has 4 saturated carbocycles. The minimum Gasteiger partial charge on any atom is -0.462 e. The predicted molar refractivity (Wildman–Crippen MR) is 140 cm³/mol. The molecule has 0 spiro atoms. The minimum atomic E-state index is -0.114. The Balaban J connectivity index is 1.51. The van der Waals surface area contributed by atoms with E-state index in [2.05, 4.69) is 61.5 Å². The number of esters is 1. The van der Waals surface area contributed by atoms with Crippen molar-refractivity contribution in [2.75, 3.05) is 0 Å². The molecule has 4 fully saturated rings. The Kier molecular flexibility index (Phi) is 5.57. The third-order valence-corrected chi connectivity index (χ3v) is 13.5. The Bertz CT molecular complexity index is 883. The topological polar surface area (TPSA) is 26.3 Å². The molecule has 192 valence electrons. The molecule has 0 bridgehead atoms. The molecule has 0 aliphatic heterocycles. The smallest absolute Gasteiger partial charge is 0.302 e. The number of hydrogen-bond acceptors (Lipinski definition) is 2. The molecule has 5 aliphatic carbocycles. The van der Waals surface area contributed by atoms with Crippen LogP contribution in [0.5, 0.6) is 0 Å². The van der Waals surface area contributed by atoms with Gasteiger partial charge in [-0.2, -0.15) is 0 Å². The van der Waals surface area contributed by atoms with E-state index in [0.29, 0.717) is 22.2 Å². The summed E-state index contributed by atoms with van der Waals surface area (Å²) in [5, 5.41) is 0. The molecule has 2 heteroatoms. The van der Waals surface area contributed by atoms with E-state index in [0.717, 1.165) is 30.1 Å². The highest BCUT2D eigenvalue weighted by molar-refractivity contribution is 5.66. The lowest BCUT2D eigenvalue weighted by atomic mass is 9.35. The van der Waals surface area contributed by atoms with Gasteiger partial charge in [-0.3, -0.25) is 4.79 Å². The van der Waals surface area contributed by atoms with Gasteiger partial charge in [-0.25, -0.2) is 0 Å². The summed E-state index contributed by atoms with van der Waals surface area (Å²) in [6.45, 7) is 22.0. The van der Waals surface area contributed by atoms with Crippen LogP contribution in [-0.2, 0) is 9.53 Å². The van der Waals surface area contributed by atoms with Crippen LogP contribution < -0.4 is 0 Å². The first-order valence-corrected chi connectivity index (χ1v) is 14.6. The van der Waals surface area contributed by atoms with Gasteiger partial charge in [0.15, 0.2) is 0 Å². The number of rotatable bonds is 2. The minimum absolute atomic E-state index is 0.0349. The molecule has 5 aliphatic rings. The first kappa shape index (κ1) is 24.9. The molecule has 0 aromatic rings. The maximum Gasteiger partial charge on any atom is 0.302 e. The van der Waals surface area contributed by atoms with Gasteiger partial charge >= 0.3 is 5.97 Å². The van der Waals surface area contributed by atoms with Crippen LogP contribution in [0.15, 0.2) is 11.6 Å². The predicted octanol–water partition coefficient (Wildman–Crippen LogP) is 8.60. The number of ether oxygens (including phenoxy) is 1. The fraction of sp³-hybridized carbons (Fsp3) is 0.906. The van der Waals surface area contributed by atoms with Gasteiger partial charge in [0.05, 0.1) is 0 Å². The zero-order chi connectivity index (χ0) is 24.9. The lowest BCUT2D eigenvalue weighted by molar-refractivity contribution is -0.179. The van der Waals surface area contributed by atoms with Crippen molar-refractivity contribution < 1.29 is 9.53 Å². The van der Waals surface area contributed by atoms with Gasteiger partial charge in [-0.1, -0.05) is 67.0 Å². The summed E-state index contributed by atoms with van der Waals surface area (Å²) in [6, 6.07) is 0. The highest BCUT2D eigenvalue weighted by atomic mass is 16.5. The zero-order valence-electron chi connectivity index (χ0n) is 23.7. The molecule has 34 heavy (non-hydrogen) atoms. The number of fused-ring (bicyclic) bond motifs is 7. The quantitative estimate of drug-likeness (QED) is 0.299. The molecule has 0 amide bonds. The summed E-state index contributed by atoms with van der Waals surface area (Å²) in [5.41, 5.74) is 3.46. The summed E-state index contributed by atoms with van der Waals surface area (Å²) in [7, 11) is 0. The van der Waals surface area contributed by atoms with Crippen molar-refractivity contribution in [3.8, 4) is 0 Å². The van der Waals surface area contributed by atoms with Crippen molar-refractivity contribution in [2.24, 2.45) is 56.7 Å². The van der Waals surface area contributed by atoms with Gasteiger partial charge in [0.2, 0.25) is 0 Å². The van der Waals surface area contributed by atoms with E-state index < -0.39 is 0 Å². The lowest BCUT2D eigenvalue weighted by Crippen LogP contribution is -2.62. The Morgan fingerprint density at radius 2 is 1.56 bits per heavy atom. The molecule has 0 N–H and O–H groups in total. The fourth-order valence-corrected chi connectivity index (χ4v) is 11.6. The third-order valence-electron chi connectivity index (χ3n) is 13.5. The van der Waals surface area contributed by atoms with Gasteiger partial charge in [-0.05, 0) is 109 Å². The van der Waals surface area contributed by atoms with Crippen molar-refractivity contribution in [1.82, 2.24) is 0 Å². The Hall–Kier alpha value is -0.790. The van der Waals surface area contributed by atoms with Crippen molar-refractivity contribution in [1.29, 1.82) is 0 Å². The summed E-state index contributed by atoms with van der Waals surface area (Å²) in [6.07, 6.45) is 14.6. The number of carbonyl (C=O) groups is 1. The van der Waals surface area contributed by atoms with E-state index in [-0.39, 0.29) is 22.9 Å². The largest absolute Gasteiger partial charge is 0.462 e. The second-order valence-corrected chi connectivity index (χ2v) is 15.2. The molecule has 5 rings (SSSR count). The molecule has 0 saturated heterocycles. The molecule has 9 atom stereocenters. The van der Waals surface area contributed by atoms with Crippen LogP contribution in [-0.4, -0.2) is 12.1 Å². The summed E-state index contributed by atoms with van der Waals surface area (Å²) in [5.74, 6) is 3.79. The summed E-state index contributed by atoms with van der Waals surface area (Å²) < 4.78 is 5.89. The number of hydrogen-bond donors (Lipinski definition) is 0. The summed E-state index contributed by atoms with van der Waals surface area (Å²) >= 11 is 0. The van der Waals surface area contributed by atoms with Crippen LogP contribution in [0.1, 0.15) is 120 Å². The van der Waals surface area contributed by atoms with Crippen molar-refractivity contribution in [2.45, 2.75) is 126 Å². The van der Waals surface area contributed by atoms with E-state index in [1.165, 1.54) is 51.4 Å². The average molecular weight is 469 g/mol. The van der Waals surface area contributed by atoms with Gasteiger partial charge in [0, 0.05) is 12.3 Å². The molecular weight excluding hydrogens is 416 g/mol. The van der Waals surface area contributed by atoms with Crippen LogP contribution in [0.2, 0.25) is 0 Å². The molecule has 2 nitrogen and oxygen atoms in total. The van der Waals surface area contributed by atoms with E-state index in [1.807, 2.05) is 0 Å². The number of allylic oxidation sites excluding steroid dienone is 2. The Morgan fingerprint density at radius 1 is 0.882 bits per heavy atom. The van der Waals surface area contributed by atoms with Crippen LogP contribution in [0.4, 0.5) is 0 Å². The van der Waals surface area contributed by atoms with Crippen LogP contribution in [0.3, 0.4) is 0 Å². The number of carbonyl (C=O) groups excluding carboxylic acids is 1.